The Morgan fingerprint density at radius 2 is 1.77 bits per heavy atom. The molecule has 1 atom stereocenters. The van der Waals surface area contributed by atoms with Gasteiger partial charge in [-0.3, -0.25) is 4.79 Å². The van der Waals surface area contributed by atoms with Gasteiger partial charge >= 0.3 is 13.1 Å². The van der Waals surface area contributed by atoms with E-state index in [0.717, 1.165) is 0 Å². The van der Waals surface area contributed by atoms with E-state index < -0.39 is 30.7 Å². The first-order valence-electron chi connectivity index (χ1n) is 7.69. The molecule has 0 saturated heterocycles. The molecule has 2 rings (SSSR count). The number of aromatic hydroxyl groups is 1. The van der Waals surface area contributed by atoms with Crippen molar-refractivity contribution in [3.8, 4) is 11.5 Å². The number of nitrogens with one attached hydrogen (secondary N) is 1. The number of ether oxygens (including phenoxy) is 1. The quantitative estimate of drug-likeness (QED) is 0.453. The molecule has 0 aliphatic heterocycles. The van der Waals surface area contributed by atoms with Crippen LogP contribution in [0.4, 0.5) is 0 Å². The summed E-state index contributed by atoms with van der Waals surface area (Å²) in [6.07, 6.45) is -0.189. The van der Waals surface area contributed by atoms with Gasteiger partial charge in [-0.25, -0.2) is 4.79 Å². The van der Waals surface area contributed by atoms with Gasteiger partial charge in [0.2, 0.25) is 0 Å². The monoisotopic (exact) mass is 359 g/mol. The number of hydrogen-bond donors (Lipinski definition) is 5. The summed E-state index contributed by atoms with van der Waals surface area (Å²) >= 11 is 0. The molecule has 2 aromatic carbocycles. The molecule has 136 valence electrons. The number of carboxylic acids is 1. The van der Waals surface area contributed by atoms with Crippen molar-refractivity contribution in [2.75, 3.05) is 7.11 Å². The summed E-state index contributed by atoms with van der Waals surface area (Å²) in [6, 6.07) is 10.5. The highest BCUT2D eigenvalue weighted by Gasteiger charge is 2.28. The number of methoxy groups -OCH3 is 1. The van der Waals surface area contributed by atoms with Crippen LogP contribution in [-0.4, -0.2) is 52.3 Å². The van der Waals surface area contributed by atoms with Crippen LogP contribution in [0.15, 0.2) is 42.5 Å². The van der Waals surface area contributed by atoms with Gasteiger partial charge in [-0.1, -0.05) is 24.3 Å². The molecule has 0 heterocycles. The molecule has 8 nitrogen and oxygen atoms in total. The molecule has 0 unspecified atom stereocenters. The third-order valence-corrected chi connectivity index (χ3v) is 3.82. The predicted octanol–water partition coefficient (Wildman–Crippen LogP) is 0.452. The van der Waals surface area contributed by atoms with Crippen LogP contribution in [0.1, 0.15) is 26.3 Å². The van der Waals surface area contributed by atoms with Crippen molar-refractivity contribution in [3.63, 3.8) is 0 Å². The molecule has 5 N–H and O–H groups in total. The van der Waals surface area contributed by atoms with Gasteiger partial charge in [-0.15, -0.1) is 0 Å². The minimum Gasteiger partial charge on any atom is -0.507 e. The summed E-state index contributed by atoms with van der Waals surface area (Å²) in [6.45, 7) is 0. The van der Waals surface area contributed by atoms with E-state index in [4.69, 9.17) is 9.84 Å². The van der Waals surface area contributed by atoms with Crippen LogP contribution in [-0.2, 0) is 6.42 Å². The maximum absolute atomic E-state index is 12.4. The maximum Gasteiger partial charge on any atom is 0.475 e. The number of amides is 1. The Labute approximate surface area is 149 Å². The number of aromatic carboxylic acids is 1. The lowest BCUT2D eigenvalue weighted by atomic mass is 9.75. The van der Waals surface area contributed by atoms with Gasteiger partial charge in [0.25, 0.3) is 5.91 Å². The van der Waals surface area contributed by atoms with Gasteiger partial charge < -0.3 is 30.3 Å². The first-order chi connectivity index (χ1) is 12.3. The maximum atomic E-state index is 12.4. The smallest absolute Gasteiger partial charge is 0.475 e. The van der Waals surface area contributed by atoms with Crippen LogP contribution in [0.25, 0.3) is 0 Å². The van der Waals surface area contributed by atoms with Crippen molar-refractivity contribution in [3.05, 3.63) is 59.2 Å². The third kappa shape index (κ3) is 4.32. The molecule has 0 aliphatic carbocycles. The van der Waals surface area contributed by atoms with E-state index in [0.29, 0.717) is 5.75 Å². The third-order valence-electron chi connectivity index (χ3n) is 3.82. The highest BCUT2D eigenvalue weighted by Crippen LogP contribution is 2.24. The Kier molecular flexibility index (Phi) is 6.21. The molecular weight excluding hydrogens is 341 g/mol. The normalized spacial score (nSPS) is 11.5. The number of carbonyl (C=O) groups is 2. The van der Waals surface area contributed by atoms with Crippen molar-refractivity contribution in [1.82, 2.24) is 5.32 Å². The fourth-order valence-corrected chi connectivity index (χ4v) is 2.47. The van der Waals surface area contributed by atoms with Crippen molar-refractivity contribution in [1.29, 1.82) is 0 Å². The van der Waals surface area contributed by atoms with E-state index in [1.807, 2.05) is 0 Å². The lowest BCUT2D eigenvalue weighted by molar-refractivity contribution is 0.0693. The zero-order chi connectivity index (χ0) is 19.3. The second kappa shape index (κ2) is 8.37. The van der Waals surface area contributed by atoms with E-state index in [1.54, 1.807) is 18.2 Å². The van der Waals surface area contributed by atoms with Gasteiger partial charge in [0, 0.05) is 0 Å². The molecule has 0 radical (unpaired) electrons. The van der Waals surface area contributed by atoms with Crippen molar-refractivity contribution in [2.45, 2.75) is 12.4 Å². The van der Waals surface area contributed by atoms with Gasteiger partial charge in [0.05, 0.1) is 18.6 Å². The molecule has 0 aliphatic rings. The molecule has 2 aromatic rings. The van der Waals surface area contributed by atoms with Crippen LogP contribution in [0.3, 0.4) is 0 Å². The standard InChI is InChI=1S/C17H18BNO7/c1-26-13-8-3-2-6-11(13)16(21)19-14(18(24)25)9-10-5-4-7-12(15(10)20)17(22)23/h2-8,14,20,24-25H,9H2,1H3,(H,19,21)(H,22,23)/t14-/m0/s1. The summed E-state index contributed by atoms with van der Waals surface area (Å²) in [4.78, 5) is 23.5. The topological polar surface area (TPSA) is 136 Å². The van der Waals surface area contributed by atoms with Crippen LogP contribution in [0.2, 0.25) is 0 Å². The highest BCUT2D eigenvalue weighted by atomic mass is 16.5. The summed E-state index contributed by atoms with van der Waals surface area (Å²) < 4.78 is 5.10. The zero-order valence-electron chi connectivity index (χ0n) is 13.9. The van der Waals surface area contributed by atoms with E-state index in [9.17, 15) is 24.7 Å². The average molecular weight is 359 g/mol. The van der Waals surface area contributed by atoms with Gasteiger partial charge in [-0.2, -0.15) is 0 Å². The zero-order valence-corrected chi connectivity index (χ0v) is 13.9. The van der Waals surface area contributed by atoms with Crippen LogP contribution < -0.4 is 10.1 Å². The van der Waals surface area contributed by atoms with Crippen LogP contribution in [0, 0.1) is 0 Å². The second-order valence-corrected chi connectivity index (χ2v) is 5.52. The molecule has 9 heteroatoms. The van der Waals surface area contributed by atoms with E-state index >= 15 is 0 Å². The Bertz CT molecular complexity index is 809. The Hall–Kier alpha value is -3.04. The molecule has 26 heavy (non-hydrogen) atoms. The Morgan fingerprint density at radius 3 is 2.38 bits per heavy atom. The second-order valence-electron chi connectivity index (χ2n) is 5.52. The van der Waals surface area contributed by atoms with Crippen LogP contribution in [0.5, 0.6) is 11.5 Å². The number of rotatable bonds is 7. The molecule has 0 bridgehead atoms. The van der Waals surface area contributed by atoms with Gasteiger partial charge in [0.15, 0.2) is 0 Å². The van der Waals surface area contributed by atoms with E-state index in [2.05, 4.69) is 5.32 Å². The lowest BCUT2D eigenvalue weighted by Crippen LogP contribution is -2.48. The number of carbonyl (C=O) groups excluding carboxylic acids is 1. The van der Waals surface area contributed by atoms with E-state index in [-0.39, 0.29) is 23.1 Å². The minimum absolute atomic E-state index is 0.156. The van der Waals surface area contributed by atoms with Gasteiger partial charge in [0.1, 0.15) is 17.1 Å². The van der Waals surface area contributed by atoms with Crippen LogP contribution >= 0.6 is 0 Å². The Balaban J connectivity index is 2.24. The molecule has 0 spiro atoms. The van der Waals surface area contributed by atoms with Crippen molar-refractivity contribution >= 4 is 19.0 Å². The summed E-state index contributed by atoms with van der Waals surface area (Å²) in [5.41, 5.74) is 0.0391. The SMILES string of the molecule is COc1ccccc1C(=O)N[C@@H](Cc1cccc(C(=O)O)c1O)B(O)O. The molecule has 1 amide bonds. The lowest BCUT2D eigenvalue weighted by Gasteiger charge is -2.19. The average Bonchev–Trinajstić information content (AvgIpc) is 2.62. The predicted molar refractivity (Wildman–Crippen MR) is 93.2 cm³/mol. The van der Waals surface area contributed by atoms with E-state index in [1.165, 1.54) is 31.4 Å². The largest absolute Gasteiger partial charge is 0.507 e. The minimum atomic E-state index is -1.93. The van der Waals surface area contributed by atoms with Crippen molar-refractivity contribution in [2.24, 2.45) is 0 Å². The summed E-state index contributed by atoms with van der Waals surface area (Å²) in [5.74, 6) is -3.27. The Morgan fingerprint density at radius 1 is 1.12 bits per heavy atom. The fourth-order valence-electron chi connectivity index (χ4n) is 2.47. The number of para-hydroxylation sites is 2. The molecule has 0 aromatic heterocycles. The number of carboxylic acid groups (broad SMARTS) is 1. The molecule has 0 fully saturated rings. The summed E-state index contributed by atoms with van der Waals surface area (Å²) in [7, 11) is -0.526. The number of phenols is 1. The molecular formula is C17H18BNO7. The molecule has 0 saturated carbocycles. The first kappa shape index (κ1) is 19.3. The first-order valence-corrected chi connectivity index (χ1v) is 7.69. The fraction of sp³-hybridized carbons (Fsp3) is 0.176. The highest BCUT2D eigenvalue weighted by molar-refractivity contribution is 6.43. The number of hydrogen-bond acceptors (Lipinski definition) is 6. The van der Waals surface area contributed by atoms with Crippen molar-refractivity contribution < 1.29 is 34.6 Å². The van der Waals surface area contributed by atoms with Gasteiger partial charge in [-0.05, 0) is 30.2 Å². The number of benzene rings is 2. The summed E-state index contributed by atoms with van der Waals surface area (Å²) in [5, 5.41) is 40.7.